The first-order valence-corrected chi connectivity index (χ1v) is 5.18. The molecule has 0 amide bonds. The van der Waals surface area contributed by atoms with Gasteiger partial charge in [-0.25, -0.2) is 0 Å². The molecule has 0 saturated heterocycles. The van der Waals surface area contributed by atoms with E-state index < -0.39 is 0 Å². The topological polar surface area (TPSA) is 41.8 Å². The fraction of sp³-hybridized carbons (Fsp3) is 0.231. The third kappa shape index (κ3) is 1.95. The van der Waals surface area contributed by atoms with Crippen LogP contribution in [-0.2, 0) is 0 Å². The minimum atomic E-state index is 0.110. The van der Waals surface area contributed by atoms with E-state index in [9.17, 15) is 0 Å². The summed E-state index contributed by atoms with van der Waals surface area (Å²) in [4.78, 5) is 3.25. The van der Waals surface area contributed by atoms with Gasteiger partial charge in [-0.05, 0) is 25.5 Å². The summed E-state index contributed by atoms with van der Waals surface area (Å²) in [7, 11) is 0. The van der Waals surface area contributed by atoms with Crippen LogP contribution < -0.4 is 5.73 Å². The van der Waals surface area contributed by atoms with E-state index >= 15 is 0 Å². The Morgan fingerprint density at radius 3 is 2.87 bits per heavy atom. The van der Waals surface area contributed by atoms with Crippen molar-refractivity contribution >= 4 is 17.0 Å². The largest absolute Gasteiger partial charge is 0.361 e. The van der Waals surface area contributed by atoms with Gasteiger partial charge < -0.3 is 10.7 Å². The Morgan fingerprint density at radius 1 is 1.40 bits per heavy atom. The molecule has 0 saturated carbocycles. The number of nitrogens with one attached hydrogen (secondary N) is 1. The van der Waals surface area contributed by atoms with Gasteiger partial charge in [0.25, 0.3) is 0 Å². The molecule has 0 fully saturated rings. The quantitative estimate of drug-likeness (QED) is 0.769. The second kappa shape index (κ2) is 3.91. The van der Waals surface area contributed by atoms with Crippen molar-refractivity contribution in [3.8, 4) is 0 Å². The van der Waals surface area contributed by atoms with Gasteiger partial charge in [-0.15, -0.1) is 0 Å². The van der Waals surface area contributed by atoms with Crippen LogP contribution in [-0.4, -0.2) is 11.0 Å². The van der Waals surface area contributed by atoms with Gasteiger partial charge in [0.05, 0.1) is 0 Å². The van der Waals surface area contributed by atoms with Crippen LogP contribution in [0.4, 0.5) is 0 Å². The fourth-order valence-electron chi connectivity index (χ4n) is 1.59. The maximum absolute atomic E-state index is 5.82. The molecule has 0 aliphatic rings. The number of H-pyrrole nitrogens is 1. The normalized spacial score (nSPS) is 14.5. The maximum Gasteiger partial charge on any atom is 0.0460 e. The van der Waals surface area contributed by atoms with Crippen LogP contribution in [0.2, 0.25) is 0 Å². The molecule has 2 heteroatoms. The predicted octanol–water partition coefficient (Wildman–Crippen LogP) is 2.92. The first kappa shape index (κ1) is 9.99. The summed E-state index contributed by atoms with van der Waals surface area (Å²) in [6, 6.07) is 8.39. The molecule has 3 N–H and O–H groups in total. The highest BCUT2D eigenvalue weighted by molar-refractivity contribution is 5.89. The van der Waals surface area contributed by atoms with Crippen molar-refractivity contribution in [3.63, 3.8) is 0 Å². The average Bonchev–Trinajstić information content (AvgIpc) is 2.62. The zero-order valence-corrected chi connectivity index (χ0v) is 9.12. The van der Waals surface area contributed by atoms with Crippen LogP contribution in [0.5, 0.6) is 0 Å². The zero-order valence-electron chi connectivity index (χ0n) is 9.12. The predicted molar refractivity (Wildman–Crippen MR) is 65.6 cm³/mol. The first-order chi connectivity index (χ1) is 7.18. The molecule has 0 radical (unpaired) electrons. The van der Waals surface area contributed by atoms with Gasteiger partial charge in [-0.2, -0.15) is 0 Å². The number of nitrogens with two attached hydrogens (primary N) is 1. The van der Waals surface area contributed by atoms with E-state index in [0.29, 0.717) is 0 Å². The summed E-state index contributed by atoms with van der Waals surface area (Å²) >= 11 is 0. The van der Waals surface area contributed by atoms with E-state index in [1.54, 1.807) is 0 Å². The Balaban J connectivity index is 2.49. The zero-order chi connectivity index (χ0) is 10.8. The van der Waals surface area contributed by atoms with Crippen molar-refractivity contribution in [1.82, 2.24) is 4.98 Å². The molecule has 1 heterocycles. The molecular formula is C13H16N2. The van der Waals surface area contributed by atoms with Gasteiger partial charge in [0.15, 0.2) is 0 Å². The van der Waals surface area contributed by atoms with Gasteiger partial charge in [0.2, 0.25) is 0 Å². The Kier molecular flexibility index (Phi) is 2.60. The lowest BCUT2D eigenvalue weighted by molar-refractivity contribution is 0.868. The molecule has 15 heavy (non-hydrogen) atoms. The van der Waals surface area contributed by atoms with Crippen LogP contribution in [0.15, 0.2) is 36.0 Å². The second-order valence-corrected chi connectivity index (χ2v) is 3.97. The van der Waals surface area contributed by atoms with E-state index in [1.165, 1.54) is 22.0 Å². The lowest BCUT2D eigenvalue weighted by Crippen LogP contribution is -2.15. The second-order valence-electron chi connectivity index (χ2n) is 3.97. The molecular weight excluding hydrogens is 184 g/mol. The van der Waals surface area contributed by atoms with Crippen LogP contribution in [0, 0.1) is 0 Å². The monoisotopic (exact) mass is 200 g/mol. The number of benzene rings is 1. The highest BCUT2D eigenvalue weighted by Crippen LogP contribution is 2.20. The van der Waals surface area contributed by atoms with Gasteiger partial charge >= 0.3 is 0 Å². The third-order valence-electron chi connectivity index (χ3n) is 2.72. The fourth-order valence-corrected chi connectivity index (χ4v) is 1.59. The summed E-state index contributed by atoms with van der Waals surface area (Å²) in [6.07, 6.45) is 4.17. The molecule has 2 nitrogen and oxygen atoms in total. The Bertz CT molecular complexity index is 492. The summed E-state index contributed by atoms with van der Waals surface area (Å²) in [5.74, 6) is 0. The molecule has 1 atom stereocenters. The van der Waals surface area contributed by atoms with Crippen molar-refractivity contribution in [3.05, 3.63) is 41.6 Å². The smallest absolute Gasteiger partial charge is 0.0460 e. The number of aromatic nitrogens is 1. The number of aromatic amines is 1. The lowest BCUT2D eigenvalue weighted by Gasteiger charge is -2.04. The molecule has 2 aromatic rings. The van der Waals surface area contributed by atoms with Crippen molar-refractivity contribution in [2.75, 3.05) is 0 Å². The van der Waals surface area contributed by atoms with Crippen LogP contribution in [0.25, 0.3) is 17.0 Å². The van der Waals surface area contributed by atoms with Crippen molar-refractivity contribution in [2.24, 2.45) is 5.73 Å². The third-order valence-corrected chi connectivity index (χ3v) is 2.72. The van der Waals surface area contributed by atoms with E-state index in [4.69, 9.17) is 5.73 Å². The molecule has 1 aromatic carbocycles. The Hall–Kier alpha value is -1.54. The van der Waals surface area contributed by atoms with Crippen LogP contribution in [0.3, 0.4) is 0 Å². The molecule has 0 spiro atoms. The van der Waals surface area contributed by atoms with Crippen LogP contribution in [0.1, 0.15) is 19.4 Å². The standard InChI is InChI=1S/C13H16N2/c1-9(10(2)14)7-11-8-15-13-6-4-3-5-12(11)13/h3-8,10,15H,14H2,1-2H3/b9-7+. The molecule has 1 unspecified atom stereocenters. The van der Waals surface area contributed by atoms with Crippen LogP contribution >= 0.6 is 0 Å². The lowest BCUT2D eigenvalue weighted by atomic mass is 10.1. The number of rotatable bonds is 2. The molecule has 1 aromatic heterocycles. The molecule has 78 valence electrons. The summed E-state index contributed by atoms with van der Waals surface area (Å²) < 4.78 is 0. The van der Waals surface area contributed by atoms with Crippen molar-refractivity contribution in [2.45, 2.75) is 19.9 Å². The number of para-hydroxylation sites is 1. The summed E-state index contributed by atoms with van der Waals surface area (Å²) in [5, 5.41) is 1.25. The van der Waals surface area contributed by atoms with Gasteiger partial charge in [-0.1, -0.05) is 29.8 Å². The highest BCUT2D eigenvalue weighted by atomic mass is 14.7. The average molecular weight is 200 g/mol. The number of hydrogen-bond donors (Lipinski definition) is 2. The van der Waals surface area contributed by atoms with Gasteiger partial charge in [0.1, 0.15) is 0 Å². The Labute approximate surface area is 89.8 Å². The van der Waals surface area contributed by atoms with Gasteiger partial charge in [0, 0.05) is 23.1 Å². The molecule has 0 aliphatic heterocycles. The van der Waals surface area contributed by atoms with E-state index in [-0.39, 0.29) is 6.04 Å². The van der Waals surface area contributed by atoms with Gasteiger partial charge in [-0.3, -0.25) is 0 Å². The van der Waals surface area contributed by atoms with E-state index in [2.05, 4.69) is 36.2 Å². The maximum atomic E-state index is 5.82. The Morgan fingerprint density at radius 2 is 2.13 bits per heavy atom. The summed E-state index contributed by atoms with van der Waals surface area (Å²) in [6.45, 7) is 4.06. The molecule has 2 rings (SSSR count). The SMILES string of the molecule is C/C(=C\c1c[nH]c2ccccc12)C(C)N. The van der Waals surface area contributed by atoms with E-state index in [1.807, 2.05) is 19.2 Å². The summed E-state index contributed by atoms with van der Waals surface area (Å²) in [5.41, 5.74) is 9.39. The molecule has 0 bridgehead atoms. The van der Waals surface area contributed by atoms with Crippen molar-refractivity contribution in [1.29, 1.82) is 0 Å². The van der Waals surface area contributed by atoms with E-state index in [0.717, 1.165) is 0 Å². The molecule has 0 aliphatic carbocycles. The number of hydrogen-bond acceptors (Lipinski definition) is 1. The minimum absolute atomic E-state index is 0.110. The highest BCUT2D eigenvalue weighted by Gasteiger charge is 2.02. The first-order valence-electron chi connectivity index (χ1n) is 5.18. The van der Waals surface area contributed by atoms with Crippen molar-refractivity contribution < 1.29 is 0 Å². The minimum Gasteiger partial charge on any atom is -0.361 e. The number of fused-ring (bicyclic) bond motifs is 1.